The van der Waals surface area contributed by atoms with Crippen LogP contribution >= 0.6 is 11.6 Å². The van der Waals surface area contributed by atoms with E-state index in [0.29, 0.717) is 10.6 Å². The second kappa shape index (κ2) is 7.58. The molecule has 0 heterocycles. The zero-order chi connectivity index (χ0) is 16.0. The second-order valence-electron chi connectivity index (χ2n) is 4.20. The lowest BCUT2D eigenvalue weighted by Crippen LogP contribution is -2.35. The molecule has 1 rings (SSSR count). The van der Waals surface area contributed by atoms with Crippen LogP contribution in [0.5, 0.6) is 0 Å². The largest absolute Gasteiger partial charge is 0.468 e. The normalized spacial score (nSPS) is 11.8. The molecular weight excluding hydrogens is 302 g/mol. The van der Waals surface area contributed by atoms with E-state index >= 15 is 0 Å². The van der Waals surface area contributed by atoms with E-state index in [4.69, 9.17) is 11.6 Å². The molecule has 1 aromatic carbocycles. The van der Waals surface area contributed by atoms with Gasteiger partial charge in [-0.1, -0.05) is 23.7 Å². The molecule has 8 heteroatoms. The van der Waals surface area contributed by atoms with Gasteiger partial charge < -0.3 is 9.47 Å². The third kappa shape index (κ3) is 4.42. The molecule has 0 saturated carbocycles. The molecule has 0 N–H and O–H groups in total. The van der Waals surface area contributed by atoms with Gasteiger partial charge in [-0.2, -0.15) is 0 Å². The molecule has 0 amide bonds. The molecule has 114 valence electrons. The fourth-order valence-corrected chi connectivity index (χ4v) is 2.18. The summed E-state index contributed by atoms with van der Waals surface area (Å²) in [6.07, 6.45) is 0. The molecule has 0 spiro atoms. The van der Waals surface area contributed by atoms with Crippen LogP contribution in [-0.2, 0) is 19.1 Å². The average Bonchev–Trinajstić information content (AvgIpc) is 2.45. The number of nitrogens with zero attached hydrogens (tertiary/aromatic N) is 1. The van der Waals surface area contributed by atoms with Crippen molar-refractivity contribution in [3.8, 4) is 0 Å². The van der Waals surface area contributed by atoms with E-state index in [2.05, 4.69) is 9.47 Å². The summed E-state index contributed by atoms with van der Waals surface area (Å²) < 4.78 is 9.11. The standard InChI is InChI=1S/C13H14ClNO6/c1-20-12(16)11(13(17)21-2)10(7-15(18)19)8-4-3-5-9(14)6-8/h3-6,10-11H,7H2,1-2H3/t10-/m0/s1. The molecule has 0 aliphatic heterocycles. The van der Waals surface area contributed by atoms with Crippen molar-refractivity contribution in [2.45, 2.75) is 5.92 Å². The number of benzene rings is 1. The summed E-state index contributed by atoms with van der Waals surface area (Å²) in [5, 5.41) is 11.2. The van der Waals surface area contributed by atoms with Crippen molar-refractivity contribution in [1.29, 1.82) is 0 Å². The number of carbonyl (C=O) groups is 2. The molecular formula is C13H14ClNO6. The molecule has 0 saturated heterocycles. The van der Waals surface area contributed by atoms with Gasteiger partial charge in [0.15, 0.2) is 5.92 Å². The highest BCUT2D eigenvalue weighted by molar-refractivity contribution is 6.30. The molecule has 21 heavy (non-hydrogen) atoms. The Morgan fingerprint density at radius 1 is 1.29 bits per heavy atom. The van der Waals surface area contributed by atoms with Crippen LogP contribution in [0.15, 0.2) is 24.3 Å². The van der Waals surface area contributed by atoms with Crippen LogP contribution in [0.3, 0.4) is 0 Å². The van der Waals surface area contributed by atoms with Crippen molar-refractivity contribution >= 4 is 23.5 Å². The van der Waals surface area contributed by atoms with Gasteiger partial charge in [-0.15, -0.1) is 0 Å². The zero-order valence-corrected chi connectivity index (χ0v) is 12.2. The molecule has 0 aliphatic rings. The lowest BCUT2D eigenvalue weighted by atomic mass is 9.86. The van der Waals surface area contributed by atoms with Gasteiger partial charge in [0, 0.05) is 9.95 Å². The maximum absolute atomic E-state index is 11.8. The summed E-state index contributed by atoms with van der Waals surface area (Å²) in [7, 11) is 2.19. The quantitative estimate of drug-likeness (QED) is 0.343. The first-order chi connectivity index (χ1) is 9.90. The van der Waals surface area contributed by atoms with Gasteiger partial charge in [0.05, 0.1) is 20.1 Å². The maximum atomic E-state index is 11.8. The van der Waals surface area contributed by atoms with Crippen molar-refractivity contribution in [3.63, 3.8) is 0 Å². The zero-order valence-electron chi connectivity index (χ0n) is 11.4. The number of halogens is 1. The highest BCUT2D eigenvalue weighted by atomic mass is 35.5. The van der Waals surface area contributed by atoms with Gasteiger partial charge in [0.2, 0.25) is 6.54 Å². The van der Waals surface area contributed by atoms with Gasteiger partial charge in [-0.05, 0) is 17.7 Å². The van der Waals surface area contributed by atoms with Gasteiger partial charge >= 0.3 is 11.9 Å². The Labute approximate surface area is 125 Å². The predicted octanol–water partition coefficient (Wildman–Crippen LogP) is 1.66. The number of nitro groups is 1. The van der Waals surface area contributed by atoms with Gasteiger partial charge in [0.1, 0.15) is 0 Å². The minimum atomic E-state index is -1.43. The van der Waals surface area contributed by atoms with Crippen LogP contribution in [0, 0.1) is 16.0 Å². The third-order valence-corrected chi connectivity index (χ3v) is 3.17. The Bertz CT molecular complexity index is 531. The van der Waals surface area contributed by atoms with Crippen LogP contribution in [0.25, 0.3) is 0 Å². The average molecular weight is 316 g/mol. The third-order valence-electron chi connectivity index (χ3n) is 2.94. The van der Waals surface area contributed by atoms with Crippen LogP contribution in [0.4, 0.5) is 0 Å². The van der Waals surface area contributed by atoms with E-state index in [0.717, 1.165) is 14.2 Å². The number of carbonyl (C=O) groups excluding carboxylic acids is 2. The molecule has 1 atom stereocenters. The van der Waals surface area contributed by atoms with Crippen molar-refractivity contribution in [1.82, 2.24) is 0 Å². The number of esters is 2. The summed E-state index contributed by atoms with van der Waals surface area (Å²) in [4.78, 5) is 33.9. The number of hydrogen-bond donors (Lipinski definition) is 0. The first-order valence-electron chi connectivity index (χ1n) is 5.93. The Kier molecular flexibility index (Phi) is 6.10. The number of methoxy groups -OCH3 is 2. The lowest BCUT2D eigenvalue weighted by molar-refractivity contribution is -0.484. The smallest absolute Gasteiger partial charge is 0.320 e. The van der Waals surface area contributed by atoms with Crippen LogP contribution in [0.1, 0.15) is 11.5 Å². The minimum Gasteiger partial charge on any atom is -0.468 e. The molecule has 1 aromatic rings. The topological polar surface area (TPSA) is 95.7 Å². The monoisotopic (exact) mass is 315 g/mol. The van der Waals surface area contributed by atoms with E-state index in [1.807, 2.05) is 0 Å². The van der Waals surface area contributed by atoms with E-state index < -0.39 is 35.2 Å². The van der Waals surface area contributed by atoms with Gasteiger partial charge in [-0.3, -0.25) is 19.7 Å². The highest BCUT2D eigenvalue weighted by Gasteiger charge is 2.40. The molecule has 0 unspecified atom stereocenters. The highest BCUT2D eigenvalue weighted by Crippen LogP contribution is 2.29. The van der Waals surface area contributed by atoms with Crippen LogP contribution in [0.2, 0.25) is 5.02 Å². The van der Waals surface area contributed by atoms with Crippen molar-refractivity contribution < 1.29 is 24.0 Å². The second-order valence-corrected chi connectivity index (χ2v) is 4.64. The fraction of sp³-hybridized carbons (Fsp3) is 0.385. The summed E-state index contributed by atoms with van der Waals surface area (Å²) in [6, 6.07) is 6.18. The molecule has 0 fully saturated rings. The lowest BCUT2D eigenvalue weighted by Gasteiger charge is -2.20. The maximum Gasteiger partial charge on any atom is 0.320 e. The minimum absolute atomic E-state index is 0.342. The predicted molar refractivity (Wildman–Crippen MR) is 73.6 cm³/mol. The Morgan fingerprint density at radius 3 is 2.29 bits per heavy atom. The van der Waals surface area contributed by atoms with E-state index in [1.54, 1.807) is 18.2 Å². The summed E-state index contributed by atoms with van der Waals surface area (Å²) >= 11 is 5.85. The SMILES string of the molecule is COC(=O)C(C(=O)OC)[C@@H](C[N+](=O)[O-])c1cccc(Cl)c1. The van der Waals surface area contributed by atoms with E-state index in [1.165, 1.54) is 6.07 Å². The van der Waals surface area contributed by atoms with Crippen molar-refractivity contribution in [2.75, 3.05) is 20.8 Å². The first kappa shape index (κ1) is 16.9. The Morgan fingerprint density at radius 2 is 1.86 bits per heavy atom. The molecule has 0 aromatic heterocycles. The fourth-order valence-electron chi connectivity index (χ4n) is 1.98. The molecule has 0 bridgehead atoms. The molecule has 0 radical (unpaired) electrons. The summed E-state index contributed by atoms with van der Waals surface area (Å²) in [6.45, 7) is -0.630. The summed E-state index contributed by atoms with van der Waals surface area (Å²) in [5.41, 5.74) is 0.389. The molecule has 7 nitrogen and oxygen atoms in total. The molecule has 0 aliphatic carbocycles. The first-order valence-corrected chi connectivity index (χ1v) is 6.31. The van der Waals surface area contributed by atoms with Crippen LogP contribution in [-0.4, -0.2) is 37.6 Å². The number of hydrogen-bond acceptors (Lipinski definition) is 6. The van der Waals surface area contributed by atoms with Crippen molar-refractivity contribution in [2.24, 2.45) is 5.92 Å². The number of rotatable bonds is 6. The summed E-state index contributed by atoms with van der Waals surface area (Å²) in [5.74, 6) is -4.25. The Balaban J connectivity index is 3.29. The van der Waals surface area contributed by atoms with Crippen molar-refractivity contribution in [3.05, 3.63) is 45.0 Å². The van der Waals surface area contributed by atoms with E-state index in [-0.39, 0.29) is 0 Å². The van der Waals surface area contributed by atoms with Crippen LogP contribution < -0.4 is 0 Å². The Hall–Kier alpha value is -2.15. The van der Waals surface area contributed by atoms with E-state index in [9.17, 15) is 19.7 Å². The van der Waals surface area contributed by atoms with Gasteiger partial charge in [0.25, 0.3) is 0 Å². The van der Waals surface area contributed by atoms with Gasteiger partial charge in [-0.25, -0.2) is 0 Å². The number of ether oxygens (including phenoxy) is 2.